The first-order valence-corrected chi connectivity index (χ1v) is 10.1. The van der Waals surface area contributed by atoms with Crippen LogP contribution in [0.3, 0.4) is 0 Å². The number of nitrogens with one attached hydrogen (secondary N) is 2. The highest BCUT2D eigenvalue weighted by atomic mass is 35.5. The van der Waals surface area contributed by atoms with Crippen molar-refractivity contribution in [2.45, 2.75) is 19.4 Å². The van der Waals surface area contributed by atoms with E-state index in [-0.39, 0.29) is 18.0 Å². The summed E-state index contributed by atoms with van der Waals surface area (Å²) < 4.78 is 4.49. The predicted octanol–water partition coefficient (Wildman–Crippen LogP) is 2.49. The Labute approximate surface area is 188 Å². The Morgan fingerprint density at radius 2 is 1.91 bits per heavy atom. The standard InChI is InChI=1S/C21H21ClN6O4/c1-3-17(28-26-19(25-27-28)13-7-9-15(22)10-8-13)21(31)24-16-6-4-5-14(11-16)20(30)23-12-18(29)32-2/h4-11,17H,3,12H2,1-2H3,(H,23,30)(H,24,31). The molecule has 3 rings (SSSR count). The molecular formula is C21H21ClN6O4. The number of esters is 1. The Bertz CT molecular complexity index is 1120. The van der Waals surface area contributed by atoms with E-state index in [2.05, 4.69) is 30.8 Å². The summed E-state index contributed by atoms with van der Waals surface area (Å²) in [5, 5.41) is 18.2. The number of tetrazole rings is 1. The van der Waals surface area contributed by atoms with E-state index < -0.39 is 17.9 Å². The number of carbonyl (C=O) groups excluding carboxylic acids is 3. The van der Waals surface area contributed by atoms with Crippen LogP contribution in [0.2, 0.25) is 5.02 Å². The molecule has 166 valence electrons. The number of rotatable bonds is 8. The average molecular weight is 457 g/mol. The summed E-state index contributed by atoms with van der Waals surface area (Å²) in [7, 11) is 1.23. The number of carbonyl (C=O) groups is 3. The van der Waals surface area contributed by atoms with Crippen molar-refractivity contribution in [2.24, 2.45) is 0 Å². The molecule has 0 spiro atoms. The van der Waals surface area contributed by atoms with Crippen LogP contribution in [-0.2, 0) is 14.3 Å². The van der Waals surface area contributed by atoms with Crippen LogP contribution in [0.5, 0.6) is 0 Å². The summed E-state index contributed by atoms with van der Waals surface area (Å²) in [5.41, 5.74) is 1.42. The number of nitrogens with zero attached hydrogens (tertiary/aromatic N) is 4. The van der Waals surface area contributed by atoms with Crippen molar-refractivity contribution in [3.8, 4) is 11.4 Å². The minimum absolute atomic E-state index is 0.252. The van der Waals surface area contributed by atoms with E-state index in [0.29, 0.717) is 23.0 Å². The molecule has 1 heterocycles. The van der Waals surface area contributed by atoms with Crippen LogP contribution in [0.25, 0.3) is 11.4 Å². The van der Waals surface area contributed by atoms with Gasteiger partial charge in [-0.25, -0.2) is 0 Å². The molecule has 2 aromatic carbocycles. The lowest BCUT2D eigenvalue weighted by atomic mass is 10.1. The van der Waals surface area contributed by atoms with Gasteiger partial charge >= 0.3 is 5.97 Å². The molecule has 0 aliphatic heterocycles. The second-order valence-corrected chi connectivity index (χ2v) is 7.13. The highest BCUT2D eigenvalue weighted by molar-refractivity contribution is 6.30. The fraction of sp³-hybridized carbons (Fsp3) is 0.238. The molecule has 2 N–H and O–H groups in total. The molecule has 0 saturated carbocycles. The minimum Gasteiger partial charge on any atom is -0.468 e. The van der Waals surface area contributed by atoms with Crippen molar-refractivity contribution in [2.75, 3.05) is 19.0 Å². The maximum Gasteiger partial charge on any atom is 0.325 e. The van der Waals surface area contributed by atoms with Gasteiger partial charge in [-0.3, -0.25) is 14.4 Å². The molecule has 10 nitrogen and oxygen atoms in total. The first-order valence-electron chi connectivity index (χ1n) is 9.72. The first kappa shape index (κ1) is 22.9. The number of halogens is 1. The summed E-state index contributed by atoms with van der Waals surface area (Å²) in [5.74, 6) is -1.02. The van der Waals surface area contributed by atoms with Gasteiger partial charge < -0.3 is 15.4 Å². The zero-order chi connectivity index (χ0) is 23.1. The van der Waals surface area contributed by atoms with E-state index >= 15 is 0 Å². The van der Waals surface area contributed by atoms with Crippen molar-refractivity contribution >= 4 is 35.1 Å². The molecule has 2 amide bonds. The number of hydrogen-bond donors (Lipinski definition) is 2. The highest BCUT2D eigenvalue weighted by Crippen LogP contribution is 2.20. The van der Waals surface area contributed by atoms with E-state index in [4.69, 9.17) is 11.6 Å². The normalized spacial score (nSPS) is 11.5. The average Bonchev–Trinajstić information content (AvgIpc) is 3.28. The molecular weight excluding hydrogens is 436 g/mol. The fourth-order valence-electron chi connectivity index (χ4n) is 2.82. The second-order valence-electron chi connectivity index (χ2n) is 6.69. The van der Waals surface area contributed by atoms with Crippen LogP contribution in [0.4, 0.5) is 5.69 Å². The van der Waals surface area contributed by atoms with Gasteiger partial charge in [0.25, 0.3) is 11.8 Å². The van der Waals surface area contributed by atoms with Crippen LogP contribution < -0.4 is 10.6 Å². The number of ether oxygens (including phenoxy) is 1. The minimum atomic E-state index is -0.708. The lowest BCUT2D eigenvalue weighted by molar-refractivity contribution is -0.139. The molecule has 0 radical (unpaired) electrons. The lowest BCUT2D eigenvalue weighted by Crippen LogP contribution is -2.30. The molecule has 3 aromatic rings. The number of aromatic nitrogens is 4. The van der Waals surface area contributed by atoms with Crippen LogP contribution in [0, 0.1) is 0 Å². The zero-order valence-electron chi connectivity index (χ0n) is 17.4. The Morgan fingerprint density at radius 3 is 2.59 bits per heavy atom. The second kappa shape index (κ2) is 10.5. The van der Waals surface area contributed by atoms with Gasteiger partial charge in [-0.2, -0.15) is 4.80 Å². The molecule has 0 saturated heterocycles. The number of methoxy groups -OCH3 is 1. The van der Waals surface area contributed by atoms with Gasteiger partial charge in [-0.1, -0.05) is 24.6 Å². The SMILES string of the molecule is CCC(C(=O)Nc1cccc(C(=O)NCC(=O)OC)c1)n1nnc(-c2ccc(Cl)cc2)n1. The first-order chi connectivity index (χ1) is 15.4. The van der Waals surface area contributed by atoms with E-state index in [1.165, 1.54) is 18.0 Å². The molecule has 1 unspecified atom stereocenters. The van der Waals surface area contributed by atoms with Gasteiger partial charge in [0.05, 0.1) is 7.11 Å². The smallest absolute Gasteiger partial charge is 0.325 e. The Hall–Kier alpha value is -3.79. The molecule has 32 heavy (non-hydrogen) atoms. The van der Waals surface area contributed by atoms with Crippen LogP contribution >= 0.6 is 11.6 Å². The van der Waals surface area contributed by atoms with Gasteiger partial charge in [0, 0.05) is 21.8 Å². The molecule has 11 heteroatoms. The van der Waals surface area contributed by atoms with Crippen molar-refractivity contribution < 1.29 is 19.1 Å². The lowest BCUT2D eigenvalue weighted by Gasteiger charge is -2.14. The van der Waals surface area contributed by atoms with Gasteiger partial charge in [-0.15, -0.1) is 10.2 Å². The molecule has 1 atom stereocenters. The summed E-state index contributed by atoms with van der Waals surface area (Å²) in [6.45, 7) is 1.57. The van der Waals surface area contributed by atoms with Gasteiger partial charge in [-0.05, 0) is 54.1 Å². The van der Waals surface area contributed by atoms with Crippen LogP contribution in [0.1, 0.15) is 29.7 Å². The monoisotopic (exact) mass is 456 g/mol. The Morgan fingerprint density at radius 1 is 1.16 bits per heavy atom. The van der Waals surface area contributed by atoms with Crippen molar-refractivity contribution in [1.29, 1.82) is 0 Å². The third-order valence-electron chi connectivity index (χ3n) is 4.51. The number of hydrogen-bond acceptors (Lipinski definition) is 7. The van der Waals surface area contributed by atoms with E-state index in [0.717, 1.165) is 5.56 Å². The molecule has 0 fully saturated rings. The van der Waals surface area contributed by atoms with E-state index in [9.17, 15) is 14.4 Å². The van der Waals surface area contributed by atoms with Crippen molar-refractivity contribution in [3.05, 3.63) is 59.1 Å². The summed E-state index contributed by atoms with van der Waals surface area (Å²) in [6.07, 6.45) is 0.418. The summed E-state index contributed by atoms with van der Waals surface area (Å²) in [6, 6.07) is 12.6. The maximum atomic E-state index is 12.9. The third kappa shape index (κ3) is 5.67. The van der Waals surface area contributed by atoms with Gasteiger partial charge in [0.15, 0.2) is 6.04 Å². The number of amides is 2. The molecule has 0 aliphatic rings. The molecule has 1 aromatic heterocycles. The number of anilines is 1. The predicted molar refractivity (Wildman–Crippen MR) is 117 cm³/mol. The van der Waals surface area contributed by atoms with Crippen molar-refractivity contribution in [3.63, 3.8) is 0 Å². The third-order valence-corrected chi connectivity index (χ3v) is 4.76. The summed E-state index contributed by atoms with van der Waals surface area (Å²) >= 11 is 5.90. The Balaban J connectivity index is 1.70. The van der Waals surface area contributed by atoms with Gasteiger partial charge in [0.1, 0.15) is 6.54 Å². The maximum absolute atomic E-state index is 12.9. The topological polar surface area (TPSA) is 128 Å². The van der Waals surface area contributed by atoms with Gasteiger partial charge in [0.2, 0.25) is 5.82 Å². The molecule has 0 aliphatic carbocycles. The zero-order valence-corrected chi connectivity index (χ0v) is 18.2. The largest absolute Gasteiger partial charge is 0.468 e. The van der Waals surface area contributed by atoms with E-state index in [1.54, 1.807) is 42.5 Å². The quantitative estimate of drug-likeness (QED) is 0.498. The van der Waals surface area contributed by atoms with E-state index in [1.807, 2.05) is 6.92 Å². The van der Waals surface area contributed by atoms with Crippen LogP contribution in [0.15, 0.2) is 48.5 Å². The highest BCUT2D eigenvalue weighted by Gasteiger charge is 2.22. The fourth-order valence-corrected chi connectivity index (χ4v) is 2.94. The van der Waals surface area contributed by atoms with Crippen molar-refractivity contribution in [1.82, 2.24) is 25.5 Å². The number of benzene rings is 2. The molecule has 0 bridgehead atoms. The Kier molecular flexibility index (Phi) is 7.50. The van der Waals surface area contributed by atoms with Crippen LogP contribution in [-0.4, -0.2) is 51.6 Å². The summed E-state index contributed by atoms with van der Waals surface area (Å²) in [4.78, 5) is 37.5.